The summed E-state index contributed by atoms with van der Waals surface area (Å²) in [6.07, 6.45) is 0. The van der Waals surface area contributed by atoms with Crippen molar-refractivity contribution >= 4 is 11.8 Å². The fourth-order valence-electron chi connectivity index (χ4n) is 2.22. The number of amides is 1. The third-order valence-corrected chi connectivity index (χ3v) is 3.78. The summed E-state index contributed by atoms with van der Waals surface area (Å²) in [7, 11) is 1.88. The van der Waals surface area contributed by atoms with Crippen LogP contribution in [0.1, 0.15) is 32.0 Å². The highest BCUT2D eigenvalue weighted by Gasteiger charge is 2.19. The molecule has 6 heteroatoms. The predicted octanol–water partition coefficient (Wildman–Crippen LogP) is 3.23. The highest BCUT2D eigenvalue weighted by Crippen LogP contribution is 2.23. The summed E-state index contributed by atoms with van der Waals surface area (Å²) >= 11 is 0. The van der Waals surface area contributed by atoms with E-state index < -0.39 is 0 Å². The van der Waals surface area contributed by atoms with Gasteiger partial charge in [0.05, 0.1) is 12.2 Å². The molecule has 0 bridgehead atoms. The number of ether oxygens (including phenoxy) is 1. The summed E-state index contributed by atoms with van der Waals surface area (Å²) in [6.45, 7) is 9.55. The summed E-state index contributed by atoms with van der Waals surface area (Å²) in [4.78, 5) is 14.0. The lowest BCUT2D eigenvalue weighted by Crippen LogP contribution is -2.33. The van der Waals surface area contributed by atoms with E-state index in [1.165, 1.54) is 0 Å². The lowest BCUT2D eigenvalue weighted by Gasteiger charge is -2.16. The van der Waals surface area contributed by atoms with Crippen molar-refractivity contribution in [3.63, 3.8) is 0 Å². The minimum Gasteiger partial charge on any atom is -0.492 e. The van der Waals surface area contributed by atoms with Crippen molar-refractivity contribution < 1.29 is 14.1 Å². The van der Waals surface area contributed by atoms with E-state index in [1.54, 1.807) is 6.07 Å². The van der Waals surface area contributed by atoms with Gasteiger partial charge in [-0.15, -0.1) is 0 Å². The normalized spacial score (nSPS) is 11.6. The molecule has 0 unspecified atom stereocenters. The average molecular weight is 345 g/mol. The van der Waals surface area contributed by atoms with Crippen molar-refractivity contribution in [2.24, 2.45) is 0 Å². The zero-order valence-corrected chi connectivity index (χ0v) is 15.6. The highest BCUT2D eigenvalue weighted by atomic mass is 16.5. The van der Waals surface area contributed by atoms with Crippen molar-refractivity contribution in [1.82, 2.24) is 10.1 Å². The van der Waals surface area contributed by atoms with Crippen LogP contribution < -0.4 is 10.1 Å². The summed E-state index contributed by atoms with van der Waals surface area (Å²) in [6, 6.07) is 9.64. The Morgan fingerprint density at radius 1 is 1.32 bits per heavy atom. The van der Waals surface area contributed by atoms with Crippen molar-refractivity contribution in [2.45, 2.75) is 33.1 Å². The van der Waals surface area contributed by atoms with Gasteiger partial charge >= 0.3 is 0 Å². The number of carbonyl (C=O) groups excluding carboxylic acids is 1. The minimum atomic E-state index is -0.144. The Morgan fingerprint density at radius 3 is 2.68 bits per heavy atom. The maximum absolute atomic E-state index is 12.1. The number of aryl methyl sites for hydroxylation is 1. The molecule has 0 aliphatic rings. The minimum absolute atomic E-state index is 0.115. The van der Waals surface area contributed by atoms with Gasteiger partial charge in [-0.2, -0.15) is 0 Å². The third-order valence-electron chi connectivity index (χ3n) is 3.78. The van der Waals surface area contributed by atoms with Crippen LogP contribution in [-0.2, 0) is 10.2 Å². The number of aromatic nitrogens is 1. The number of nitrogens with zero attached hydrogens (tertiary/aromatic N) is 2. The number of hydrogen-bond donors (Lipinski definition) is 1. The maximum atomic E-state index is 12.1. The van der Waals surface area contributed by atoms with Crippen LogP contribution >= 0.6 is 0 Å². The van der Waals surface area contributed by atoms with Gasteiger partial charge in [0.25, 0.3) is 0 Å². The van der Waals surface area contributed by atoms with Crippen molar-refractivity contribution in [2.75, 3.05) is 32.1 Å². The van der Waals surface area contributed by atoms with E-state index in [9.17, 15) is 4.79 Å². The molecule has 1 aromatic heterocycles. The molecule has 0 atom stereocenters. The van der Waals surface area contributed by atoms with Crippen LogP contribution in [0.2, 0.25) is 0 Å². The van der Waals surface area contributed by atoms with E-state index in [4.69, 9.17) is 9.26 Å². The average Bonchev–Trinajstić information content (AvgIpc) is 2.97. The Bertz CT molecular complexity index is 704. The van der Waals surface area contributed by atoms with E-state index in [0.717, 1.165) is 17.0 Å². The molecule has 25 heavy (non-hydrogen) atoms. The molecule has 0 saturated carbocycles. The number of rotatable bonds is 7. The molecule has 1 heterocycles. The van der Waals surface area contributed by atoms with E-state index in [2.05, 4.69) is 10.5 Å². The zero-order chi connectivity index (χ0) is 18.4. The first-order valence-corrected chi connectivity index (χ1v) is 8.40. The molecule has 0 aliphatic carbocycles. The van der Waals surface area contributed by atoms with Gasteiger partial charge in [0, 0.05) is 18.0 Å². The van der Waals surface area contributed by atoms with Crippen molar-refractivity contribution in [1.29, 1.82) is 0 Å². The molecule has 0 radical (unpaired) electrons. The smallest absolute Gasteiger partial charge is 0.240 e. The molecular weight excluding hydrogens is 318 g/mol. The zero-order valence-electron chi connectivity index (χ0n) is 15.6. The number of nitrogens with one attached hydrogen (secondary N) is 1. The predicted molar refractivity (Wildman–Crippen MR) is 98.0 cm³/mol. The van der Waals surface area contributed by atoms with Crippen LogP contribution in [0.25, 0.3) is 0 Å². The number of hydrogen-bond acceptors (Lipinski definition) is 5. The van der Waals surface area contributed by atoms with Crippen LogP contribution in [0.15, 0.2) is 34.9 Å². The van der Waals surface area contributed by atoms with Gasteiger partial charge in [0.2, 0.25) is 11.8 Å². The second-order valence-electron chi connectivity index (χ2n) is 7.23. The van der Waals surface area contributed by atoms with Crippen molar-refractivity contribution in [3.8, 4) is 5.75 Å². The third kappa shape index (κ3) is 5.90. The van der Waals surface area contributed by atoms with Crippen LogP contribution in [0.5, 0.6) is 5.75 Å². The fourth-order valence-corrected chi connectivity index (χ4v) is 2.22. The van der Waals surface area contributed by atoms with E-state index in [1.807, 2.05) is 63.9 Å². The van der Waals surface area contributed by atoms with E-state index >= 15 is 0 Å². The maximum Gasteiger partial charge on any atom is 0.240 e. The molecule has 0 fully saturated rings. The lowest BCUT2D eigenvalue weighted by molar-refractivity contribution is -0.117. The van der Waals surface area contributed by atoms with E-state index in [-0.39, 0.29) is 17.9 Å². The Hall–Kier alpha value is -2.34. The Balaban J connectivity index is 1.74. The SMILES string of the molecule is Cc1ccccc1OCCN(C)CC(=O)Nc1cc(C(C)(C)C)no1. The van der Waals surface area contributed by atoms with Gasteiger partial charge in [-0.1, -0.05) is 44.1 Å². The van der Waals surface area contributed by atoms with E-state index in [0.29, 0.717) is 19.0 Å². The molecule has 2 aromatic rings. The van der Waals surface area contributed by atoms with Crippen LogP contribution in [0.3, 0.4) is 0 Å². The number of benzene rings is 1. The number of likely N-dealkylation sites (N-methyl/N-ethyl adjacent to an activating group) is 1. The first kappa shape index (κ1) is 19.0. The number of anilines is 1. The largest absolute Gasteiger partial charge is 0.492 e. The summed E-state index contributed by atoms with van der Waals surface area (Å²) in [5.74, 6) is 1.10. The standard InChI is InChI=1S/C19H27N3O3/c1-14-8-6-7-9-15(14)24-11-10-22(5)13-17(23)20-18-12-16(21-25-18)19(2,3)4/h6-9,12H,10-11,13H2,1-5H3,(H,20,23). The molecule has 1 N–H and O–H groups in total. The van der Waals surface area contributed by atoms with Gasteiger partial charge in [0.1, 0.15) is 12.4 Å². The summed E-state index contributed by atoms with van der Waals surface area (Å²) in [5, 5.41) is 6.72. The lowest BCUT2D eigenvalue weighted by atomic mass is 9.92. The fraction of sp³-hybridized carbons (Fsp3) is 0.474. The number of carbonyl (C=O) groups is 1. The first-order valence-electron chi connectivity index (χ1n) is 8.40. The molecule has 0 saturated heterocycles. The molecule has 6 nitrogen and oxygen atoms in total. The van der Waals surface area contributed by atoms with Gasteiger partial charge in [0.15, 0.2) is 0 Å². The molecule has 136 valence electrons. The Morgan fingerprint density at radius 2 is 2.04 bits per heavy atom. The quantitative estimate of drug-likeness (QED) is 0.834. The number of para-hydroxylation sites is 1. The summed E-state index contributed by atoms with van der Waals surface area (Å²) < 4.78 is 10.9. The topological polar surface area (TPSA) is 67.6 Å². The van der Waals surface area contributed by atoms with Gasteiger partial charge in [-0.3, -0.25) is 15.0 Å². The Labute approximate surface area is 149 Å². The Kier molecular flexibility index (Phi) is 6.20. The van der Waals surface area contributed by atoms with Gasteiger partial charge in [-0.05, 0) is 25.6 Å². The monoisotopic (exact) mass is 345 g/mol. The summed E-state index contributed by atoms with van der Waals surface area (Å²) in [5.41, 5.74) is 1.79. The van der Waals surface area contributed by atoms with Crippen LogP contribution in [-0.4, -0.2) is 42.7 Å². The van der Waals surface area contributed by atoms with Crippen molar-refractivity contribution in [3.05, 3.63) is 41.6 Å². The molecule has 1 amide bonds. The van der Waals surface area contributed by atoms with Gasteiger partial charge < -0.3 is 9.26 Å². The second-order valence-corrected chi connectivity index (χ2v) is 7.23. The molecule has 2 rings (SSSR count). The van der Waals surface area contributed by atoms with Crippen LogP contribution in [0, 0.1) is 6.92 Å². The first-order chi connectivity index (χ1) is 11.8. The van der Waals surface area contributed by atoms with Gasteiger partial charge in [-0.25, -0.2) is 0 Å². The second kappa shape index (κ2) is 8.16. The molecule has 1 aromatic carbocycles. The molecular formula is C19H27N3O3. The molecule has 0 aliphatic heterocycles. The highest BCUT2D eigenvalue weighted by molar-refractivity contribution is 5.90. The molecule has 0 spiro atoms. The van der Waals surface area contributed by atoms with Crippen LogP contribution in [0.4, 0.5) is 5.88 Å².